The number of aryl methyl sites for hydroxylation is 1. The minimum atomic E-state index is 0.347. The molecule has 1 aromatic rings. The standard InChI is InChI=1S/C14H23N3O/c1-3-15-13(14-16-7-8-17(14)4-2)11-9-10-5-6-12(11)18-10/h7-8,10-13,15H,3-6,9H2,1-2H3. The first-order valence-electron chi connectivity index (χ1n) is 7.23. The van der Waals surface area contributed by atoms with Crippen molar-refractivity contribution in [2.45, 2.75) is 57.9 Å². The Morgan fingerprint density at radius 1 is 1.50 bits per heavy atom. The molecule has 1 N–H and O–H groups in total. The van der Waals surface area contributed by atoms with Gasteiger partial charge in [-0.1, -0.05) is 6.92 Å². The molecule has 0 spiro atoms. The van der Waals surface area contributed by atoms with Gasteiger partial charge in [0, 0.05) is 24.9 Å². The van der Waals surface area contributed by atoms with Crippen molar-refractivity contribution < 1.29 is 4.74 Å². The molecule has 0 amide bonds. The van der Waals surface area contributed by atoms with Crippen LogP contribution in [0.5, 0.6) is 0 Å². The number of rotatable bonds is 5. The predicted octanol–water partition coefficient (Wildman–Crippen LogP) is 2.12. The van der Waals surface area contributed by atoms with Crippen molar-refractivity contribution in [2.24, 2.45) is 5.92 Å². The lowest BCUT2D eigenvalue weighted by Gasteiger charge is -2.29. The van der Waals surface area contributed by atoms with Crippen molar-refractivity contribution in [1.82, 2.24) is 14.9 Å². The molecule has 4 heteroatoms. The molecule has 0 saturated carbocycles. The van der Waals surface area contributed by atoms with Crippen LogP contribution in [0.2, 0.25) is 0 Å². The van der Waals surface area contributed by atoms with Gasteiger partial charge in [-0.2, -0.15) is 0 Å². The maximum absolute atomic E-state index is 6.01. The molecule has 18 heavy (non-hydrogen) atoms. The van der Waals surface area contributed by atoms with Gasteiger partial charge < -0.3 is 14.6 Å². The van der Waals surface area contributed by atoms with E-state index in [-0.39, 0.29) is 0 Å². The number of nitrogens with one attached hydrogen (secondary N) is 1. The van der Waals surface area contributed by atoms with Crippen LogP contribution in [-0.2, 0) is 11.3 Å². The van der Waals surface area contributed by atoms with E-state index in [1.165, 1.54) is 25.1 Å². The molecule has 2 aliphatic rings. The highest BCUT2D eigenvalue weighted by atomic mass is 16.5. The average Bonchev–Trinajstić information content (AvgIpc) is 3.10. The number of nitrogens with zero attached hydrogens (tertiary/aromatic N) is 2. The smallest absolute Gasteiger partial charge is 0.126 e. The molecular weight excluding hydrogens is 226 g/mol. The van der Waals surface area contributed by atoms with E-state index in [2.05, 4.69) is 34.9 Å². The van der Waals surface area contributed by atoms with Gasteiger partial charge in [0.05, 0.1) is 18.2 Å². The molecule has 0 radical (unpaired) electrons. The largest absolute Gasteiger partial charge is 0.375 e. The summed E-state index contributed by atoms with van der Waals surface area (Å²) in [7, 11) is 0. The Bertz CT molecular complexity index is 403. The quantitative estimate of drug-likeness (QED) is 0.869. The summed E-state index contributed by atoms with van der Waals surface area (Å²) in [5.74, 6) is 1.77. The van der Waals surface area contributed by atoms with Gasteiger partial charge >= 0.3 is 0 Å². The van der Waals surface area contributed by atoms with Gasteiger partial charge in [0.25, 0.3) is 0 Å². The van der Waals surface area contributed by atoms with Crippen LogP contribution in [-0.4, -0.2) is 28.3 Å². The fraction of sp³-hybridized carbons (Fsp3) is 0.786. The second-order valence-electron chi connectivity index (χ2n) is 5.38. The summed E-state index contributed by atoms with van der Waals surface area (Å²) in [4.78, 5) is 4.58. The summed E-state index contributed by atoms with van der Waals surface area (Å²) in [5, 5.41) is 3.62. The first-order chi connectivity index (χ1) is 8.83. The Hall–Kier alpha value is -0.870. The molecule has 2 aliphatic heterocycles. The zero-order valence-electron chi connectivity index (χ0n) is 11.3. The van der Waals surface area contributed by atoms with Crippen LogP contribution >= 0.6 is 0 Å². The van der Waals surface area contributed by atoms with E-state index in [0.717, 1.165) is 13.1 Å². The van der Waals surface area contributed by atoms with Gasteiger partial charge in [-0.25, -0.2) is 4.98 Å². The fourth-order valence-electron chi connectivity index (χ4n) is 3.55. The third-order valence-corrected chi connectivity index (χ3v) is 4.37. The third-order valence-electron chi connectivity index (χ3n) is 4.37. The monoisotopic (exact) mass is 249 g/mol. The van der Waals surface area contributed by atoms with Gasteiger partial charge in [0.2, 0.25) is 0 Å². The molecule has 0 aliphatic carbocycles. The second kappa shape index (κ2) is 5.02. The summed E-state index contributed by atoms with van der Waals surface area (Å²) in [6.07, 6.45) is 8.61. The average molecular weight is 249 g/mol. The van der Waals surface area contributed by atoms with Crippen LogP contribution in [0.1, 0.15) is 45.0 Å². The molecule has 3 rings (SSSR count). The lowest BCUT2D eigenvalue weighted by atomic mass is 9.83. The maximum atomic E-state index is 6.01. The number of fused-ring (bicyclic) bond motifs is 2. The number of imidazole rings is 1. The molecule has 2 saturated heterocycles. The van der Waals surface area contributed by atoms with E-state index in [4.69, 9.17) is 4.74 Å². The van der Waals surface area contributed by atoms with Crippen LogP contribution in [0.15, 0.2) is 12.4 Å². The Morgan fingerprint density at radius 2 is 2.39 bits per heavy atom. The molecular formula is C14H23N3O. The molecule has 100 valence electrons. The van der Waals surface area contributed by atoms with Gasteiger partial charge in [-0.15, -0.1) is 0 Å². The Balaban J connectivity index is 1.84. The third kappa shape index (κ3) is 1.97. The Kier molecular flexibility index (Phi) is 3.39. The maximum Gasteiger partial charge on any atom is 0.126 e. The summed E-state index contributed by atoms with van der Waals surface area (Å²) in [6, 6.07) is 0.347. The van der Waals surface area contributed by atoms with Crippen LogP contribution in [0.3, 0.4) is 0 Å². The highest BCUT2D eigenvalue weighted by Gasteiger charge is 2.45. The van der Waals surface area contributed by atoms with E-state index in [1.807, 2.05) is 6.20 Å². The van der Waals surface area contributed by atoms with Crippen molar-refractivity contribution in [3.63, 3.8) is 0 Å². The normalized spacial score (nSPS) is 32.0. The predicted molar refractivity (Wildman–Crippen MR) is 70.3 cm³/mol. The van der Waals surface area contributed by atoms with Crippen molar-refractivity contribution >= 4 is 0 Å². The minimum Gasteiger partial charge on any atom is -0.375 e. The molecule has 4 nitrogen and oxygen atoms in total. The summed E-state index contributed by atoms with van der Waals surface area (Å²) in [5.41, 5.74) is 0. The van der Waals surface area contributed by atoms with Gasteiger partial charge in [0.1, 0.15) is 5.82 Å². The van der Waals surface area contributed by atoms with E-state index < -0.39 is 0 Å². The van der Waals surface area contributed by atoms with Crippen LogP contribution in [0.4, 0.5) is 0 Å². The highest BCUT2D eigenvalue weighted by molar-refractivity contribution is 5.06. The zero-order chi connectivity index (χ0) is 12.5. The van der Waals surface area contributed by atoms with Crippen molar-refractivity contribution in [1.29, 1.82) is 0 Å². The summed E-state index contributed by atoms with van der Waals surface area (Å²) < 4.78 is 8.26. The summed E-state index contributed by atoms with van der Waals surface area (Å²) in [6.45, 7) is 6.31. The molecule has 0 aromatic carbocycles. The Morgan fingerprint density at radius 3 is 3.00 bits per heavy atom. The highest BCUT2D eigenvalue weighted by Crippen LogP contribution is 2.44. The van der Waals surface area contributed by atoms with Crippen LogP contribution in [0, 0.1) is 5.92 Å². The number of ether oxygens (including phenoxy) is 1. The molecule has 2 bridgehead atoms. The molecule has 4 unspecified atom stereocenters. The first kappa shape index (κ1) is 12.2. The number of aromatic nitrogens is 2. The Labute approximate surface area is 109 Å². The summed E-state index contributed by atoms with van der Waals surface area (Å²) >= 11 is 0. The number of hydrogen-bond acceptors (Lipinski definition) is 3. The van der Waals surface area contributed by atoms with E-state index in [1.54, 1.807) is 0 Å². The topological polar surface area (TPSA) is 39.1 Å². The van der Waals surface area contributed by atoms with Crippen LogP contribution in [0.25, 0.3) is 0 Å². The van der Waals surface area contributed by atoms with Crippen molar-refractivity contribution in [3.8, 4) is 0 Å². The van der Waals surface area contributed by atoms with Gasteiger partial charge in [0.15, 0.2) is 0 Å². The number of hydrogen-bond donors (Lipinski definition) is 1. The van der Waals surface area contributed by atoms with Gasteiger partial charge in [-0.05, 0) is 32.7 Å². The lowest BCUT2D eigenvalue weighted by Crippen LogP contribution is -2.35. The van der Waals surface area contributed by atoms with E-state index >= 15 is 0 Å². The second-order valence-corrected chi connectivity index (χ2v) is 5.38. The molecule has 1 aromatic heterocycles. The zero-order valence-corrected chi connectivity index (χ0v) is 11.3. The van der Waals surface area contributed by atoms with Gasteiger partial charge in [-0.3, -0.25) is 0 Å². The SMILES string of the molecule is CCNC(c1nccn1CC)C1CC2CCC1O2. The minimum absolute atomic E-state index is 0.347. The van der Waals surface area contributed by atoms with Crippen LogP contribution < -0.4 is 5.32 Å². The van der Waals surface area contributed by atoms with E-state index in [0.29, 0.717) is 24.2 Å². The fourth-order valence-corrected chi connectivity index (χ4v) is 3.55. The van der Waals surface area contributed by atoms with Crippen molar-refractivity contribution in [3.05, 3.63) is 18.2 Å². The lowest BCUT2D eigenvalue weighted by molar-refractivity contribution is 0.0848. The van der Waals surface area contributed by atoms with E-state index in [9.17, 15) is 0 Å². The molecule has 4 atom stereocenters. The van der Waals surface area contributed by atoms with Crippen molar-refractivity contribution in [2.75, 3.05) is 6.54 Å². The molecule has 2 fully saturated rings. The first-order valence-corrected chi connectivity index (χ1v) is 7.23. The molecule has 3 heterocycles.